The fourth-order valence-electron chi connectivity index (χ4n) is 2.88. The highest BCUT2D eigenvalue weighted by molar-refractivity contribution is 7.92. The normalized spacial score (nSPS) is 13.2. The van der Waals surface area contributed by atoms with Crippen LogP contribution < -0.4 is 15.2 Å². The van der Waals surface area contributed by atoms with Gasteiger partial charge in [-0.05, 0) is 31.2 Å². The summed E-state index contributed by atoms with van der Waals surface area (Å²) >= 11 is 5.99. The van der Waals surface area contributed by atoms with E-state index in [2.05, 4.69) is 20.3 Å². The van der Waals surface area contributed by atoms with E-state index in [9.17, 15) is 26.4 Å². The van der Waals surface area contributed by atoms with Gasteiger partial charge in [-0.1, -0.05) is 11.6 Å². The molecule has 0 bridgehead atoms. The molecule has 0 aliphatic carbocycles. The van der Waals surface area contributed by atoms with Crippen molar-refractivity contribution in [3.8, 4) is 0 Å². The number of nitrogens with one attached hydrogen (secondary N) is 2. The summed E-state index contributed by atoms with van der Waals surface area (Å²) < 4.78 is 62.4. The van der Waals surface area contributed by atoms with Crippen LogP contribution in [0, 0.1) is 0 Å². The van der Waals surface area contributed by atoms with Crippen LogP contribution in [0.25, 0.3) is 10.9 Å². The third kappa shape index (κ3) is 5.64. The Kier molecular flexibility index (Phi) is 6.14. The quantitative estimate of drug-likeness (QED) is 0.565. The van der Waals surface area contributed by atoms with Gasteiger partial charge < -0.3 is 10.3 Å². The number of alkyl halides is 3. The van der Waals surface area contributed by atoms with E-state index in [0.29, 0.717) is 27.7 Å². The molecule has 0 radical (unpaired) electrons. The van der Waals surface area contributed by atoms with Gasteiger partial charge in [0.1, 0.15) is 12.4 Å². The van der Waals surface area contributed by atoms with E-state index in [4.69, 9.17) is 11.6 Å². The molecular weight excluding hydrogens is 459 g/mol. The van der Waals surface area contributed by atoms with E-state index < -0.39 is 34.6 Å². The molecule has 166 valence electrons. The number of nitrogens with zero attached hydrogens (tertiary/aromatic N) is 3. The number of sulfonamides is 1. The molecule has 0 spiro atoms. The van der Waals surface area contributed by atoms with Crippen LogP contribution in [0.4, 0.5) is 24.9 Å². The number of H-pyrrole nitrogens is 1. The molecule has 3 aromatic rings. The Morgan fingerprint density at radius 3 is 2.61 bits per heavy atom. The van der Waals surface area contributed by atoms with E-state index >= 15 is 0 Å². The second-order valence-corrected chi connectivity index (χ2v) is 9.12. The SMILES string of the molecule is CC(Nc1nccc(N(CC(F)(F)F)S(C)(=O)=O)n1)c1cc2cc(Cl)ccc2[nH]c1=O. The molecule has 3 rings (SSSR count). The molecule has 0 saturated heterocycles. The van der Waals surface area contributed by atoms with Gasteiger partial charge in [0.2, 0.25) is 16.0 Å². The van der Waals surface area contributed by atoms with Gasteiger partial charge in [-0.25, -0.2) is 17.7 Å². The van der Waals surface area contributed by atoms with Crippen molar-refractivity contribution in [3.63, 3.8) is 0 Å². The van der Waals surface area contributed by atoms with Crippen molar-refractivity contribution in [3.05, 3.63) is 57.5 Å². The smallest absolute Gasteiger partial charge is 0.347 e. The average molecular weight is 476 g/mol. The van der Waals surface area contributed by atoms with E-state index in [1.165, 1.54) is 0 Å². The minimum absolute atomic E-state index is 0.134. The van der Waals surface area contributed by atoms with Crippen LogP contribution in [0.3, 0.4) is 0 Å². The molecule has 0 fully saturated rings. The third-order valence-electron chi connectivity index (χ3n) is 4.27. The second-order valence-electron chi connectivity index (χ2n) is 6.77. The Balaban J connectivity index is 1.92. The molecule has 31 heavy (non-hydrogen) atoms. The molecule has 0 saturated carbocycles. The summed E-state index contributed by atoms with van der Waals surface area (Å²) in [6.45, 7) is -0.107. The van der Waals surface area contributed by atoms with Crippen molar-refractivity contribution in [2.45, 2.75) is 19.1 Å². The topological polar surface area (TPSA) is 108 Å². The fourth-order valence-corrected chi connectivity index (χ4v) is 3.88. The maximum absolute atomic E-state index is 12.8. The summed E-state index contributed by atoms with van der Waals surface area (Å²) in [5.74, 6) is -0.602. The number of benzene rings is 1. The van der Waals surface area contributed by atoms with Crippen LogP contribution in [0.5, 0.6) is 0 Å². The van der Waals surface area contributed by atoms with Crippen LogP contribution in [-0.2, 0) is 10.0 Å². The monoisotopic (exact) mass is 475 g/mol. The Bertz CT molecular complexity index is 1280. The van der Waals surface area contributed by atoms with Crippen LogP contribution >= 0.6 is 11.6 Å². The summed E-state index contributed by atoms with van der Waals surface area (Å²) in [6.07, 6.45) is -3.00. The predicted molar refractivity (Wildman–Crippen MR) is 112 cm³/mol. The molecule has 2 N–H and O–H groups in total. The molecule has 1 atom stereocenters. The summed E-state index contributed by atoms with van der Waals surface area (Å²) in [5.41, 5.74) is 0.499. The lowest BCUT2D eigenvalue weighted by Gasteiger charge is -2.23. The molecule has 0 aliphatic rings. The molecule has 1 aromatic carbocycles. The molecule has 0 aliphatic heterocycles. The van der Waals surface area contributed by atoms with Crippen molar-refractivity contribution in [1.82, 2.24) is 15.0 Å². The van der Waals surface area contributed by atoms with Gasteiger partial charge in [0.25, 0.3) is 5.56 Å². The number of pyridine rings is 1. The van der Waals surface area contributed by atoms with E-state index in [-0.39, 0.29) is 15.8 Å². The lowest BCUT2D eigenvalue weighted by Crippen LogP contribution is -2.39. The van der Waals surface area contributed by atoms with E-state index in [1.807, 2.05) is 0 Å². The van der Waals surface area contributed by atoms with Crippen molar-refractivity contribution >= 4 is 44.3 Å². The zero-order valence-corrected chi connectivity index (χ0v) is 17.8. The Hall–Kier alpha value is -2.86. The van der Waals surface area contributed by atoms with Crippen molar-refractivity contribution in [1.29, 1.82) is 0 Å². The second kappa shape index (κ2) is 8.35. The first kappa shape index (κ1) is 22.8. The largest absolute Gasteiger partial charge is 0.407 e. The van der Waals surface area contributed by atoms with Gasteiger partial charge in [0.05, 0.1) is 12.3 Å². The lowest BCUT2D eigenvalue weighted by atomic mass is 10.1. The summed E-state index contributed by atoms with van der Waals surface area (Å²) in [6, 6.07) is 6.97. The number of aromatic amines is 1. The third-order valence-corrected chi connectivity index (χ3v) is 5.62. The van der Waals surface area contributed by atoms with Gasteiger partial charge in [0.15, 0.2) is 0 Å². The number of hydrogen-bond donors (Lipinski definition) is 2. The van der Waals surface area contributed by atoms with Crippen molar-refractivity contribution in [2.24, 2.45) is 0 Å². The zero-order valence-electron chi connectivity index (χ0n) is 16.2. The number of aromatic nitrogens is 3. The molecular formula is C18H17ClF3N5O3S. The maximum Gasteiger partial charge on any atom is 0.407 e. The minimum Gasteiger partial charge on any atom is -0.347 e. The average Bonchev–Trinajstić information content (AvgIpc) is 2.64. The molecule has 0 amide bonds. The number of anilines is 2. The predicted octanol–water partition coefficient (Wildman–Crippen LogP) is 3.47. The van der Waals surface area contributed by atoms with Gasteiger partial charge in [-0.15, -0.1) is 0 Å². The fraction of sp³-hybridized carbons (Fsp3) is 0.278. The first-order valence-electron chi connectivity index (χ1n) is 8.80. The van der Waals surface area contributed by atoms with E-state index in [0.717, 1.165) is 12.3 Å². The Morgan fingerprint density at radius 2 is 1.97 bits per heavy atom. The first-order valence-corrected chi connectivity index (χ1v) is 11.0. The Morgan fingerprint density at radius 1 is 1.26 bits per heavy atom. The number of rotatable bonds is 6. The Labute approximate surface area is 180 Å². The molecule has 2 aromatic heterocycles. The molecule has 13 heteroatoms. The highest BCUT2D eigenvalue weighted by atomic mass is 35.5. The summed E-state index contributed by atoms with van der Waals surface area (Å²) in [5, 5.41) is 3.97. The van der Waals surface area contributed by atoms with Crippen LogP contribution in [0.1, 0.15) is 18.5 Å². The number of halogens is 4. The van der Waals surface area contributed by atoms with Crippen molar-refractivity contribution < 1.29 is 21.6 Å². The van der Waals surface area contributed by atoms with Gasteiger partial charge in [-0.3, -0.25) is 4.79 Å². The van der Waals surface area contributed by atoms with Gasteiger partial charge >= 0.3 is 6.18 Å². The van der Waals surface area contributed by atoms with Gasteiger partial charge in [-0.2, -0.15) is 18.2 Å². The summed E-state index contributed by atoms with van der Waals surface area (Å²) in [4.78, 5) is 23.0. The molecule has 8 nitrogen and oxygen atoms in total. The minimum atomic E-state index is -4.77. The van der Waals surface area contributed by atoms with Crippen LogP contribution in [0.2, 0.25) is 5.02 Å². The van der Waals surface area contributed by atoms with Crippen molar-refractivity contribution in [2.75, 3.05) is 22.4 Å². The van der Waals surface area contributed by atoms with Crippen LogP contribution in [-0.4, -0.2) is 42.3 Å². The summed E-state index contributed by atoms with van der Waals surface area (Å²) in [7, 11) is -4.26. The first-order chi connectivity index (χ1) is 14.3. The molecule has 2 heterocycles. The number of fused-ring (bicyclic) bond motifs is 1. The molecule has 1 unspecified atom stereocenters. The standard InChI is InChI=1S/C18H17ClF3N5O3S/c1-10(13-8-11-7-12(19)3-4-14(11)25-16(13)28)24-17-23-6-5-15(26-17)27(31(2,29)30)9-18(20,21)22/h3-8,10H,9H2,1-2H3,(H,25,28)(H,23,24,26). The zero-order chi connectivity index (χ0) is 23.0. The van der Waals surface area contributed by atoms with Gasteiger partial charge in [0, 0.05) is 33.8 Å². The lowest BCUT2D eigenvalue weighted by molar-refractivity contribution is -0.117. The number of hydrogen-bond acceptors (Lipinski definition) is 6. The van der Waals surface area contributed by atoms with E-state index in [1.54, 1.807) is 31.2 Å². The highest BCUT2D eigenvalue weighted by Gasteiger charge is 2.35. The van der Waals surface area contributed by atoms with Crippen LogP contribution in [0.15, 0.2) is 41.3 Å². The maximum atomic E-state index is 12.8. The highest BCUT2D eigenvalue weighted by Crippen LogP contribution is 2.25.